The topological polar surface area (TPSA) is 57.7 Å². The second kappa shape index (κ2) is 7.65. The Morgan fingerprint density at radius 2 is 1.78 bits per heavy atom. The van der Waals surface area contributed by atoms with E-state index in [0.29, 0.717) is 18.9 Å². The van der Waals surface area contributed by atoms with Gasteiger partial charge in [-0.3, -0.25) is 4.79 Å². The molecule has 0 saturated carbocycles. The number of anilines is 1. The molecule has 0 atom stereocenters. The van der Waals surface area contributed by atoms with Gasteiger partial charge in [-0.05, 0) is 44.9 Å². The Morgan fingerprint density at radius 1 is 1.22 bits per heavy atom. The van der Waals surface area contributed by atoms with Gasteiger partial charge in [0.25, 0.3) is 9.84 Å². The highest BCUT2D eigenvalue weighted by Gasteiger charge is 2.48. The smallest absolute Gasteiger partial charge is 0.370 e. The zero-order valence-corrected chi connectivity index (χ0v) is 16.1. The van der Waals surface area contributed by atoms with E-state index in [9.17, 15) is 30.8 Å². The van der Waals surface area contributed by atoms with Crippen molar-refractivity contribution in [3.8, 4) is 0 Å². The number of alkyl halides is 3. The van der Waals surface area contributed by atoms with Gasteiger partial charge in [0.2, 0.25) is 5.91 Å². The van der Waals surface area contributed by atoms with Crippen molar-refractivity contribution >= 4 is 21.4 Å². The fourth-order valence-corrected chi connectivity index (χ4v) is 3.99. The van der Waals surface area contributed by atoms with E-state index in [1.165, 1.54) is 4.90 Å². The summed E-state index contributed by atoms with van der Waals surface area (Å²) in [6.07, 6.45) is 0.748. The first kappa shape index (κ1) is 21.5. The van der Waals surface area contributed by atoms with Crippen LogP contribution in [-0.4, -0.2) is 50.9 Å². The van der Waals surface area contributed by atoms with Crippen LogP contribution in [0.5, 0.6) is 0 Å². The molecule has 1 aromatic rings. The van der Waals surface area contributed by atoms with Gasteiger partial charge in [-0.25, -0.2) is 12.8 Å². The molecule has 0 aromatic heterocycles. The molecule has 27 heavy (non-hydrogen) atoms. The summed E-state index contributed by atoms with van der Waals surface area (Å²) in [6.45, 7) is 4.16. The Morgan fingerprint density at radius 3 is 2.26 bits per heavy atom. The molecule has 1 aliphatic rings. The predicted octanol–water partition coefficient (Wildman–Crippen LogP) is 3.20. The summed E-state index contributed by atoms with van der Waals surface area (Å²) in [5, 5.41) is 0. The van der Waals surface area contributed by atoms with E-state index < -0.39 is 26.1 Å². The highest BCUT2D eigenvalue weighted by atomic mass is 32.2. The molecule has 152 valence electrons. The normalized spacial score (nSPS) is 16.7. The monoisotopic (exact) mass is 410 g/mol. The molecule has 2 rings (SSSR count). The minimum absolute atomic E-state index is 0.0242. The zero-order valence-electron chi connectivity index (χ0n) is 15.3. The van der Waals surface area contributed by atoms with E-state index in [2.05, 4.69) is 0 Å². The molecule has 1 amide bonds. The summed E-state index contributed by atoms with van der Waals surface area (Å²) >= 11 is 0. The van der Waals surface area contributed by atoms with Crippen LogP contribution in [0.3, 0.4) is 0 Å². The Bertz CT molecular complexity index is 801. The number of halogens is 4. The third kappa shape index (κ3) is 4.36. The lowest BCUT2D eigenvalue weighted by Gasteiger charge is -2.36. The van der Waals surface area contributed by atoms with E-state index in [1.807, 2.05) is 13.8 Å². The fourth-order valence-electron chi connectivity index (χ4n) is 3.00. The average Bonchev–Trinajstić information content (AvgIpc) is 2.59. The maximum atomic E-state index is 13.5. The van der Waals surface area contributed by atoms with Crippen LogP contribution < -0.4 is 4.90 Å². The second-order valence-electron chi connectivity index (χ2n) is 6.87. The quantitative estimate of drug-likeness (QED) is 0.716. The van der Waals surface area contributed by atoms with Crippen molar-refractivity contribution < 1.29 is 30.8 Å². The zero-order chi connectivity index (χ0) is 20.6. The number of piperidine rings is 1. The standard InChI is InChI=1S/C17H22F4N2O3S/c1-11(2)22(3)16(24)12-6-8-23(9-7-12)14-5-4-13(18)10-15(14)27(25,26)17(19,20)21/h4-5,10-12H,6-9H2,1-3H3. The van der Waals surface area contributed by atoms with Crippen LogP contribution in [0.2, 0.25) is 0 Å². The SMILES string of the molecule is CC(C)N(C)C(=O)C1CCN(c2ccc(F)cc2S(=O)(=O)C(F)(F)F)CC1. The van der Waals surface area contributed by atoms with Crippen LogP contribution in [0.15, 0.2) is 23.1 Å². The summed E-state index contributed by atoms with van der Waals surface area (Å²) < 4.78 is 76.0. The van der Waals surface area contributed by atoms with Crippen molar-refractivity contribution in [2.45, 2.75) is 43.1 Å². The number of carbonyl (C=O) groups excluding carboxylic acids is 1. The Kier molecular flexibility index (Phi) is 6.08. The van der Waals surface area contributed by atoms with Gasteiger partial charge in [-0.1, -0.05) is 0 Å². The van der Waals surface area contributed by atoms with Gasteiger partial charge >= 0.3 is 5.51 Å². The fraction of sp³-hybridized carbons (Fsp3) is 0.588. The number of benzene rings is 1. The molecule has 1 heterocycles. The van der Waals surface area contributed by atoms with Crippen molar-refractivity contribution in [2.75, 3.05) is 25.0 Å². The maximum absolute atomic E-state index is 13.5. The number of hydrogen-bond donors (Lipinski definition) is 0. The Hall–Kier alpha value is -1.84. The van der Waals surface area contributed by atoms with Crippen LogP contribution in [0.4, 0.5) is 23.2 Å². The number of hydrogen-bond acceptors (Lipinski definition) is 4. The molecule has 5 nitrogen and oxygen atoms in total. The summed E-state index contributed by atoms with van der Waals surface area (Å²) in [7, 11) is -4.00. The second-order valence-corrected chi connectivity index (χ2v) is 8.78. The number of carbonyl (C=O) groups is 1. The number of sulfone groups is 1. The molecular formula is C17H22F4N2O3S. The molecule has 1 aliphatic heterocycles. The summed E-state index contributed by atoms with van der Waals surface area (Å²) in [5.74, 6) is -1.39. The minimum Gasteiger partial charge on any atom is -0.370 e. The van der Waals surface area contributed by atoms with Crippen LogP contribution in [0.1, 0.15) is 26.7 Å². The lowest BCUT2D eigenvalue weighted by atomic mass is 9.94. The molecule has 0 radical (unpaired) electrons. The molecule has 0 aliphatic carbocycles. The first-order chi connectivity index (χ1) is 12.4. The first-order valence-electron chi connectivity index (χ1n) is 8.48. The molecule has 1 aromatic carbocycles. The Labute approximate surface area is 155 Å². The highest BCUT2D eigenvalue weighted by Crippen LogP contribution is 2.37. The predicted molar refractivity (Wildman–Crippen MR) is 92.5 cm³/mol. The summed E-state index contributed by atoms with van der Waals surface area (Å²) in [5.41, 5.74) is -5.72. The third-order valence-electron chi connectivity index (χ3n) is 4.82. The Balaban J connectivity index is 2.26. The lowest BCUT2D eigenvalue weighted by molar-refractivity contribution is -0.136. The van der Waals surface area contributed by atoms with E-state index in [0.717, 1.165) is 12.1 Å². The van der Waals surface area contributed by atoms with Crippen LogP contribution in [0.25, 0.3) is 0 Å². The van der Waals surface area contributed by atoms with Crippen molar-refractivity contribution in [1.82, 2.24) is 4.90 Å². The number of nitrogens with zero attached hydrogens (tertiary/aromatic N) is 2. The van der Waals surface area contributed by atoms with Crippen LogP contribution in [-0.2, 0) is 14.6 Å². The van der Waals surface area contributed by atoms with Crippen LogP contribution in [0, 0.1) is 11.7 Å². The maximum Gasteiger partial charge on any atom is 0.501 e. The minimum atomic E-state index is -5.69. The van der Waals surface area contributed by atoms with Gasteiger partial charge in [0.05, 0.1) is 5.69 Å². The molecule has 1 fully saturated rings. The lowest BCUT2D eigenvalue weighted by Crippen LogP contribution is -2.43. The van der Waals surface area contributed by atoms with Gasteiger partial charge < -0.3 is 9.80 Å². The van der Waals surface area contributed by atoms with Gasteiger partial charge in [-0.15, -0.1) is 0 Å². The number of amides is 1. The summed E-state index contributed by atoms with van der Waals surface area (Å²) in [6, 6.07) is 2.38. The van der Waals surface area contributed by atoms with E-state index >= 15 is 0 Å². The van der Waals surface area contributed by atoms with Crippen molar-refractivity contribution in [2.24, 2.45) is 5.92 Å². The van der Waals surface area contributed by atoms with Gasteiger partial charge in [0.1, 0.15) is 10.7 Å². The van der Waals surface area contributed by atoms with Crippen LogP contribution >= 0.6 is 0 Å². The van der Waals surface area contributed by atoms with Crippen molar-refractivity contribution in [3.63, 3.8) is 0 Å². The van der Waals surface area contributed by atoms with Gasteiger partial charge in [0, 0.05) is 32.1 Å². The molecule has 0 unspecified atom stereocenters. The van der Waals surface area contributed by atoms with Gasteiger partial charge in [-0.2, -0.15) is 13.2 Å². The highest BCUT2D eigenvalue weighted by molar-refractivity contribution is 7.92. The van der Waals surface area contributed by atoms with Crippen molar-refractivity contribution in [1.29, 1.82) is 0 Å². The molecule has 1 saturated heterocycles. The van der Waals surface area contributed by atoms with Crippen molar-refractivity contribution in [3.05, 3.63) is 24.0 Å². The molecule has 10 heteroatoms. The largest absolute Gasteiger partial charge is 0.501 e. The number of rotatable bonds is 4. The molecular weight excluding hydrogens is 388 g/mol. The van der Waals surface area contributed by atoms with Gasteiger partial charge in [0.15, 0.2) is 0 Å². The first-order valence-corrected chi connectivity index (χ1v) is 9.97. The average molecular weight is 410 g/mol. The molecule has 0 N–H and O–H groups in total. The van der Waals surface area contributed by atoms with E-state index in [1.54, 1.807) is 11.9 Å². The third-order valence-corrected chi connectivity index (χ3v) is 6.34. The van der Waals surface area contributed by atoms with E-state index in [4.69, 9.17) is 0 Å². The molecule has 0 bridgehead atoms. The van der Waals surface area contributed by atoms with E-state index in [-0.39, 0.29) is 36.6 Å². The molecule has 0 spiro atoms. The summed E-state index contributed by atoms with van der Waals surface area (Å²) in [4.78, 5) is 14.4.